The first-order chi connectivity index (χ1) is 9.10. The van der Waals surface area contributed by atoms with Crippen LogP contribution in [0.2, 0.25) is 0 Å². The maximum absolute atomic E-state index is 11.7. The number of aryl methyl sites for hydroxylation is 1. The molecular formula is C12H22N4O2S. The van der Waals surface area contributed by atoms with Gasteiger partial charge in [0, 0.05) is 12.8 Å². The van der Waals surface area contributed by atoms with Gasteiger partial charge in [0.25, 0.3) is 0 Å². The monoisotopic (exact) mass is 286 g/mol. The summed E-state index contributed by atoms with van der Waals surface area (Å²) in [5, 5.41) is 12.1. The predicted octanol–water partition coefficient (Wildman–Crippen LogP) is 1.15. The average molecular weight is 286 g/mol. The van der Waals surface area contributed by atoms with Crippen molar-refractivity contribution >= 4 is 17.7 Å². The Morgan fingerprint density at radius 1 is 1.47 bits per heavy atom. The summed E-state index contributed by atoms with van der Waals surface area (Å²) in [6, 6.07) is -0.244. The van der Waals surface area contributed by atoms with E-state index in [9.17, 15) is 4.79 Å². The maximum Gasteiger partial charge on any atom is 0.323 e. The van der Waals surface area contributed by atoms with Crippen molar-refractivity contribution in [3.8, 4) is 0 Å². The zero-order chi connectivity index (χ0) is 14.3. The van der Waals surface area contributed by atoms with E-state index in [4.69, 9.17) is 4.74 Å². The van der Waals surface area contributed by atoms with E-state index in [0.29, 0.717) is 13.0 Å². The predicted molar refractivity (Wildman–Crippen MR) is 75.2 cm³/mol. The normalized spacial score (nSPS) is 12.4. The molecule has 0 saturated carbocycles. The number of rotatable bonds is 8. The van der Waals surface area contributed by atoms with Crippen LogP contribution in [0.5, 0.6) is 0 Å². The first-order valence-corrected chi connectivity index (χ1v) is 7.47. The van der Waals surface area contributed by atoms with Gasteiger partial charge in [-0.15, -0.1) is 10.2 Å². The number of carbonyl (C=O) groups excluding carboxylic acids is 1. The van der Waals surface area contributed by atoms with Crippen LogP contribution in [0, 0.1) is 6.92 Å². The van der Waals surface area contributed by atoms with E-state index >= 15 is 0 Å². The fourth-order valence-electron chi connectivity index (χ4n) is 1.57. The summed E-state index contributed by atoms with van der Waals surface area (Å²) >= 11 is 1.60. The molecule has 0 bridgehead atoms. The van der Waals surface area contributed by atoms with Crippen LogP contribution in [0.25, 0.3) is 0 Å². The topological polar surface area (TPSA) is 69.0 Å². The first-order valence-electron chi connectivity index (χ1n) is 6.48. The van der Waals surface area contributed by atoms with Gasteiger partial charge in [-0.3, -0.25) is 4.79 Å². The third kappa shape index (κ3) is 4.83. The lowest BCUT2D eigenvalue weighted by Crippen LogP contribution is -2.38. The van der Waals surface area contributed by atoms with Gasteiger partial charge in [0.05, 0.1) is 6.61 Å². The van der Waals surface area contributed by atoms with Gasteiger partial charge in [0.1, 0.15) is 11.9 Å². The smallest absolute Gasteiger partial charge is 0.323 e. The van der Waals surface area contributed by atoms with Crippen LogP contribution in [0.3, 0.4) is 0 Å². The number of nitrogens with one attached hydrogen (secondary N) is 1. The summed E-state index contributed by atoms with van der Waals surface area (Å²) in [5.74, 6) is 1.50. The van der Waals surface area contributed by atoms with Crippen LogP contribution < -0.4 is 5.32 Å². The number of ether oxygens (including phenoxy) is 1. The quantitative estimate of drug-likeness (QED) is 0.571. The average Bonchev–Trinajstić information content (AvgIpc) is 2.70. The van der Waals surface area contributed by atoms with Gasteiger partial charge in [-0.05, 0) is 26.8 Å². The lowest BCUT2D eigenvalue weighted by Gasteiger charge is -2.15. The highest BCUT2D eigenvalue weighted by Gasteiger charge is 2.18. The molecule has 1 atom stereocenters. The SMILES string of the molecule is CCNC(CCSc1nnc(C)n1C)C(=O)OCC. The number of hydrogen-bond acceptors (Lipinski definition) is 6. The minimum absolute atomic E-state index is 0.181. The van der Waals surface area contributed by atoms with Crippen LogP contribution in [0.1, 0.15) is 26.1 Å². The lowest BCUT2D eigenvalue weighted by molar-refractivity contribution is -0.145. The van der Waals surface area contributed by atoms with Crippen LogP contribution >= 0.6 is 11.8 Å². The molecule has 0 aliphatic heterocycles. The van der Waals surface area contributed by atoms with E-state index in [0.717, 1.165) is 23.3 Å². The Morgan fingerprint density at radius 2 is 2.21 bits per heavy atom. The van der Waals surface area contributed by atoms with Gasteiger partial charge in [-0.2, -0.15) is 0 Å². The summed E-state index contributed by atoms with van der Waals surface area (Å²) in [6.07, 6.45) is 0.712. The van der Waals surface area contributed by atoms with Gasteiger partial charge >= 0.3 is 5.97 Å². The van der Waals surface area contributed by atoms with Crippen molar-refractivity contribution in [1.29, 1.82) is 0 Å². The van der Waals surface area contributed by atoms with E-state index in [2.05, 4.69) is 15.5 Å². The lowest BCUT2D eigenvalue weighted by atomic mass is 10.2. The molecule has 1 aromatic rings. The summed E-state index contributed by atoms with van der Waals surface area (Å²) in [7, 11) is 1.94. The van der Waals surface area contributed by atoms with Gasteiger partial charge in [0.15, 0.2) is 5.16 Å². The molecule has 0 radical (unpaired) electrons. The molecule has 1 aromatic heterocycles. The third-order valence-corrected chi connectivity index (χ3v) is 3.77. The van der Waals surface area contributed by atoms with E-state index < -0.39 is 0 Å². The van der Waals surface area contributed by atoms with Crippen molar-refractivity contribution in [2.24, 2.45) is 7.05 Å². The molecule has 0 aliphatic carbocycles. The van der Waals surface area contributed by atoms with Crippen LogP contribution in [-0.2, 0) is 16.6 Å². The molecule has 0 spiro atoms. The molecule has 1 heterocycles. The van der Waals surface area contributed by atoms with Crippen molar-refractivity contribution < 1.29 is 9.53 Å². The van der Waals surface area contributed by atoms with E-state index in [1.54, 1.807) is 11.8 Å². The molecule has 108 valence electrons. The molecule has 1 rings (SSSR count). The van der Waals surface area contributed by atoms with Crippen LogP contribution in [-0.4, -0.2) is 45.7 Å². The molecule has 0 fully saturated rings. The van der Waals surface area contributed by atoms with Crippen molar-refractivity contribution in [2.45, 2.75) is 38.4 Å². The maximum atomic E-state index is 11.7. The molecule has 0 aromatic carbocycles. The third-order valence-electron chi connectivity index (χ3n) is 2.71. The Balaban J connectivity index is 2.44. The fraction of sp³-hybridized carbons (Fsp3) is 0.750. The second-order valence-electron chi connectivity index (χ2n) is 4.09. The molecule has 1 unspecified atom stereocenters. The highest BCUT2D eigenvalue weighted by molar-refractivity contribution is 7.99. The van der Waals surface area contributed by atoms with E-state index in [1.165, 1.54) is 0 Å². The number of thioether (sulfide) groups is 1. The standard InChI is InChI=1S/C12H22N4O2S/c1-5-13-10(11(17)18-6-2)7-8-19-12-15-14-9(3)16(12)4/h10,13H,5-8H2,1-4H3. The largest absolute Gasteiger partial charge is 0.465 e. The Labute approximate surface area is 118 Å². The molecule has 0 amide bonds. The second kappa shape index (κ2) is 8.16. The number of aromatic nitrogens is 3. The Bertz CT molecular complexity index is 408. The van der Waals surface area contributed by atoms with E-state index in [1.807, 2.05) is 32.4 Å². The van der Waals surface area contributed by atoms with Gasteiger partial charge in [0.2, 0.25) is 0 Å². The van der Waals surface area contributed by atoms with Crippen LogP contribution in [0.4, 0.5) is 0 Å². The minimum atomic E-state index is -0.244. The molecular weight excluding hydrogens is 264 g/mol. The number of carbonyl (C=O) groups is 1. The van der Waals surface area contributed by atoms with Crippen molar-refractivity contribution in [3.63, 3.8) is 0 Å². The van der Waals surface area contributed by atoms with Crippen molar-refractivity contribution in [3.05, 3.63) is 5.82 Å². The molecule has 6 nitrogen and oxygen atoms in total. The minimum Gasteiger partial charge on any atom is -0.465 e. The highest BCUT2D eigenvalue weighted by Crippen LogP contribution is 2.17. The van der Waals surface area contributed by atoms with Gasteiger partial charge < -0.3 is 14.6 Å². The Hall–Kier alpha value is -1.08. The van der Waals surface area contributed by atoms with E-state index in [-0.39, 0.29) is 12.0 Å². The Morgan fingerprint density at radius 3 is 2.74 bits per heavy atom. The number of hydrogen-bond donors (Lipinski definition) is 1. The molecule has 7 heteroatoms. The number of esters is 1. The highest BCUT2D eigenvalue weighted by atomic mass is 32.2. The fourth-order valence-corrected chi connectivity index (χ4v) is 2.53. The molecule has 0 saturated heterocycles. The zero-order valence-corrected chi connectivity index (χ0v) is 12.8. The summed E-state index contributed by atoms with van der Waals surface area (Å²) in [5.41, 5.74) is 0. The van der Waals surface area contributed by atoms with Gasteiger partial charge in [-0.25, -0.2) is 0 Å². The van der Waals surface area contributed by atoms with Crippen LogP contribution in [0.15, 0.2) is 5.16 Å². The number of nitrogens with zero attached hydrogens (tertiary/aromatic N) is 3. The summed E-state index contributed by atoms with van der Waals surface area (Å²) in [4.78, 5) is 11.7. The molecule has 19 heavy (non-hydrogen) atoms. The van der Waals surface area contributed by atoms with Crippen molar-refractivity contribution in [2.75, 3.05) is 18.9 Å². The molecule has 0 aliphatic rings. The summed E-state index contributed by atoms with van der Waals surface area (Å²) < 4.78 is 6.99. The van der Waals surface area contributed by atoms with Gasteiger partial charge in [-0.1, -0.05) is 18.7 Å². The second-order valence-corrected chi connectivity index (χ2v) is 5.15. The first kappa shape index (κ1) is 16.0. The summed E-state index contributed by atoms with van der Waals surface area (Å²) in [6.45, 7) is 6.87. The Kier molecular flexibility index (Phi) is 6.86. The zero-order valence-electron chi connectivity index (χ0n) is 12.0. The molecule has 1 N–H and O–H groups in total. The number of likely N-dealkylation sites (N-methyl/N-ethyl adjacent to an activating group) is 1. The van der Waals surface area contributed by atoms with Crippen molar-refractivity contribution in [1.82, 2.24) is 20.1 Å².